The number of halogens is 3. The van der Waals surface area contributed by atoms with E-state index in [-0.39, 0.29) is 12.0 Å². The summed E-state index contributed by atoms with van der Waals surface area (Å²) in [6, 6.07) is 5.00. The zero-order valence-electron chi connectivity index (χ0n) is 10.8. The molecule has 3 rings (SSSR count). The second kappa shape index (κ2) is 5.09. The number of ether oxygens (including phenoxy) is 1. The molecule has 2 heterocycles. The largest absolute Gasteiger partial charge is 0.478 e. The highest BCUT2D eigenvalue weighted by atomic mass is 19.4. The summed E-state index contributed by atoms with van der Waals surface area (Å²) in [5.41, 5.74) is -0.0815. The van der Waals surface area contributed by atoms with Gasteiger partial charge in [-0.3, -0.25) is 0 Å². The molecule has 1 aromatic carbocycles. The average molecular weight is 284 g/mol. The zero-order chi connectivity index (χ0) is 14.2. The standard InChI is InChI=1S/C14H15F3N2O/c15-14(16,17)11-3-1-2-9(6-11)12-8-20-13(19-12)10-4-5-18-7-10/h1-3,6,10,12,18H,4-5,7-8H2. The molecule has 1 saturated heterocycles. The molecule has 0 spiro atoms. The molecule has 2 unspecified atom stereocenters. The summed E-state index contributed by atoms with van der Waals surface area (Å²) in [7, 11) is 0. The molecule has 0 saturated carbocycles. The van der Waals surface area contributed by atoms with Gasteiger partial charge in [-0.05, 0) is 30.7 Å². The molecule has 0 radical (unpaired) electrons. The van der Waals surface area contributed by atoms with E-state index in [1.807, 2.05) is 0 Å². The van der Waals surface area contributed by atoms with Crippen molar-refractivity contribution in [2.45, 2.75) is 18.6 Å². The van der Waals surface area contributed by atoms with Crippen molar-refractivity contribution in [3.63, 3.8) is 0 Å². The van der Waals surface area contributed by atoms with E-state index < -0.39 is 11.7 Å². The molecule has 0 aromatic heterocycles. The van der Waals surface area contributed by atoms with E-state index in [1.54, 1.807) is 6.07 Å². The Morgan fingerprint density at radius 1 is 1.30 bits per heavy atom. The molecule has 1 N–H and O–H groups in total. The predicted molar refractivity (Wildman–Crippen MR) is 68.5 cm³/mol. The van der Waals surface area contributed by atoms with Crippen molar-refractivity contribution >= 4 is 5.90 Å². The maximum Gasteiger partial charge on any atom is 0.416 e. The van der Waals surface area contributed by atoms with Crippen LogP contribution in [-0.2, 0) is 10.9 Å². The highest BCUT2D eigenvalue weighted by molar-refractivity contribution is 5.81. The highest BCUT2D eigenvalue weighted by Gasteiger charge is 2.33. The Balaban J connectivity index is 1.80. The third-order valence-corrected chi connectivity index (χ3v) is 3.68. The van der Waals surface area contributed by atoms with Crippen molar-refractivity contribution < 1.29 is 17.9 Å². The number of aliphatic imine (C=N–C) groups is 1. The number of benzene rings is 1. The lowest BCUT2D eigenvalue weighted by Crippen LogP contribution is -2.17. The molecule has 1 fully saturated rings. The number of nitrogens with one attached hydrogen (secondary N) is 1. The summed E-state index contributed by atoms with van der Waals surface area (Å²) >= 11 is 0. The molecule has 0 aliphatic carbocycles. The van der Waals surface area contributed by atoms with E-state index in [0.29, 0.717) is 18.1 Å². The van der Waals surface area contributed by atoms with E-state index in [9.17, 15) is 13.2 Å². The van der Waals surface area contributed by atoms with Gasteiger partial charge < -0.3 is 10.1 Å². The number of rotatable bonds is 2. The topological polar surface area (TPSA) is 33.6 Å². The van der Waals surface area contributed by atoms with E-state index in [2.05, 4.69) is 10.3 Å². The first-order chi connectivity index (χ1) is 9.54. The molecule has 0 bridgehead atoms. The van der Waals surface area contributed by atoms with E-state index in [0.717, 1.165) is 31.6 Å². The molecule has 3 nitrogen and oxygen atoms in total. The number of nitrogens with zero attached hydrogens (tertiary/aromatic N) is 1. The molecule has 2 aliphatic rings. The fourth-order valence-corrected chi connectivity index (χ4v) is 2.57. The summed E-state index contributed by atoms with van der Waals surface area (Å²) in [5.74, 6) is 0.934. The van der Waals surface area contributed by atoms with E-state index >= 15 is 0 Å². The molecule has 20 heavy (non-hydrogen) atoms. The van der Waals surface area contributed by atoms with Crippen LogP contribution in [-0.4, -0.2) is 25.6 Å². The quantitative estimate of drug-likeness (QED) is 0.906. The van der Waals surface area contributed by atoms with Crippen LogP contribution in [0.3, 0.4) is 0 Å². The Hall–Kier alpha value is -1.56. The highest BCUT2D eigenvalue weighted by Crippen LogP contribution is 2.33. The van der Waals surface area contributed by atoms with Crippen LogP contribution in [0.15, 0.2) is 29.3 Å². The van der Waals surface area contributed by atoms with Crippen LogP contribution in [0.2, 0.25) is 0 Å². The Morgan fingerprint density at radius 2 is 2.15 bits per heavy atom. The molecule has 1 aromatic rings. The second-order valence-electron chi connectivity index (χ2n) is 5.11. The molecule has 6 heteroatoms. The van der Waals surface area contributed by atoms with Crippen LogP contribution in [0.1, 0.15) is 23.6 Å². The minimum atomic E-state index is -4.32. The fraction of sp³-hybridized carbons (Fsp3) is 0.500. The first kappa shape index (κ1) is 13.4. The van der Waals surface area contributed by atoms with Gasteiger partial charge in [0.25, 0.3) is 0 Å². The minimum absolute atomic E-state index is 0.255. The van der Waals surface area contributed by atoms with Crippen LogP contribution in [0.25, 0.3) is 0 Å². The van der Waals surface area contributed by atoms with E-state index in [4.69, 9.17) is 4.74 Å². The molecule has 2 atom stereocenters. The van der Waals surface area contributed by atoms with Crippen molar-refractivity contribution in [2.75, 3.05) is 19.7 Å². The summed E-state index contributed by atoms with van der Waals surface area (Å²) in [6.45, 7) is 2.09. The van der Waals surface area contributed by atoms with Crippen LogP contribution < -0.4 is 5.32 Å². The number of hydrogen-bond acceptors (Lipinski definition) is 3. The van der Waals surface area contributed by atoms with Crippen LogP contribution in [0.4, 0.5) is 13.2 Å². The Morgan fingerprint density at radius 3 is 2.85 bits per heavy atom. The SMILES string of the molecule is FC(F)(F)c1cccc(C2COC(C3CCNC3)=N2)c1. The molecule has 108 valence electrons. The smallest absolute Gasteiger partial charge is 0.416 e. The van der Waals surface area contributed by atoms with Gasteiger partial charge in [-0.2, -0.15) is 13.2 Å². The van der Waals surface area contributed by atoms with Gasteiger partial charge in [0.15, 0.2) is 5.90 Å². The number of alkyl halides is 3. The molecule has 2 aliphatic heterocycles. The van der Waals surface area contributed by atoms with Crippen molar-refractivity contribution in [2.24, 2.45) is 10.9 Å². The first-order valence-electron chi connectivity index (χ1n) is 6.62. The summed E-state index contributed by atoms with van der Waals surface area (Å²) in [6.07, 6.45) is -3.36. The van der Waals surface area contributed by atoms with Crippen LogP contribution in [0.5, 0.6) is 0 Å². The van der Waals surface area contributed by atoms with Gasteiger partial charge in [-0.25, -0.2) is 4.99 Å². The molecule has 0 amide bonds. The van der Waals surface area contributed by atoms with Crippen LogP contribution in [0, 0.1) is 5.92 Å². The van der Waals surface area contributed by atoms with Gasteiger partial charge in [0.2, 0.25) is 0 Å². The third kappa shape index (κ3) is 2.65. The lowest BCUT2D eigenvalue weighted by molar-refractivity contribution is -0.137. The van der Waals surface area contributed by atoms with Crippen molar-refractivity contribution in [3.8, 4) is 0 Å². The summed E-state index contributed by atoms with van der Waals surface area (Å²) in [4.78, 5) is 4.45. The Kier molecular flexibility index (Phi) is 3.41. The maximum atomic E-state index is 12.7. The van der Waals surface area contributed by atoms with E-state index in [1.165, 1.54) is 6.07 Å². The van der Waals surface area contributed by atoms with Crippen molar-refractivity contribution in [3.05, 3.63) is 35.4 Å². The Bertz CT molecular complexity index is 521. The lowest BCUT2D eigenvalue weighted by atomic mass is 10.0. The monoisotopic (exact) mass is 284 g/mol. The lowest BCUT2D eigenvalue weighted by Gasteiger charge is -2.10. The van der Waals surface area contributed by atoms with Crippen molar-refractivity contribution in [1.29, 1.82) is 0 Å². The maximum absolute atomic E-state index is 12.7. The second-order valence-corrected chi connectivity index (χ2v) is 5.11. The summed E-state index contributed by atoms with van der Waals surface area (Å²) in [5, 5.41) is 3.22. The molecular weight excluding hydrogens is 269 g/mol. The Labute approximate surface area is 114 Å². The first-order valence-corrected chi connectivity index (χ1v) is 6.62. The zero-order valence-corrected chi connectivity index (χ0v) is 10.8. The van der Waals surface area contributed by atoms with Gasteiger partial charge in [0.1, 0.15) is 12.6 Å². The average Bonchev–Trinajstić information content (AvgIpc) is 3.09. The minimum Gasteiger partial charge on any atom is -0.478 e. The third-order valence-electron chi connectivity index (χ3n) is 3.68. The molecular formula is C14H15F3N2O. The van der Waals surface area contributed by atoms with Gasteiger partial charge >= 0.3 is 6.18 Å². The normalized spacial score (nSPS) is 26.4. The van der Waals surface area contributed by atoms with Crippen LogP contribution >= 0.6 is 0 Å². The van der Waals surface area contributed by atoms with Crippen molar-refractivity contribution in [1.82, 2.24) is 5.32 Å². The predicted octanol–water partition coefficient (Wildman–Crippen LogP) is 2.78. The summed E-state index contributed by atoms with van der Waals surface area (Å²) < 4.78 is 43.7. The van der Waals surface area contributed by atoms with Gasteiger partial charge in [-0.15, -0.1) is 0 Å². The van der Waals surface area contributed by atoms with Gasteiger partial charge in [-0.1, -0.05) is 12.1 Å². The van der Waals surface area contributed by atoms with Gasteiger partial charge in [0.05, 0.1) is 5.56 Å². The number of hydrogen-bond donors (Lipinski definition) is 1. The fourth-order valence-electron chi connectivity index (χ4n) is 2.57. The van der Waals surface area contributed by atoms with Gasteiger partial charge in [0, 0.05) is 12.5 Å².